The lowest BCUT2D eigenvalue weighted by Gasteiger charge is -2.02. The van der Waals surface area contributed by atoms with E-state index in [4.69, 9.17) is 5.73 Å². The molecule has 0 amide bonds. The predicted octanol–water partition coefficient (Wildman–Crippen LogP) is 3.34. The number of anilines is 1. The minimum Gasteiger partial charge on any atom is -0.382 e. The molecule has 5 aromatic rings. The molecule has 10 heteroatoms. The molecular formula is C20H14N6O2S2. The van der Waals surface area contributed by atoms with Crippen molar-refractivity contribution in [1.29, 1.82) is 0 Å². The normalized spacial score (nSPS) is 12.3. The molecule has 148 valence electrons. The van der Waals surface area contributed by atoms with E-state index in [2.05, 4.69) is 20.1 Å². The number of rotatable bonds is 4. The van der Waals surface area contributed by atoms with Crippen LogP contribution in [0, 0.1) is 0 Å². The number of hydrogen-bond acceptors (Lipinski definition) is 8. The quantitative estimate of drug-likeness (QED) is 0.434. The first kappa shape index (κ1) is 18.4. The van der Waals surface area contributed by atoms with E-state index < -0.39 is 9.84 Å². The number of thiophene rings is 1. The number of nitrogen functional groups attached to an aromatic ring is 1. The van der Waals surface area contributed by atoms with Crippen LogP contribution in [0.25, 0.3) is 22.2 Å². The van der Waals surface area contributed by atoms with Crippen molar-refractivity contribution in [2.75, 3.05) is 5.73 Å². The number of aromatic nitrogens is 4. The van der Waals surface area contributed by atoms with Crippen LogP contribution in [0.15, 0.2) is 80.5 Å². The Kier molecular flexibility index (Phi) is 4.30. The summed E-state index contributed by atoms with van der Waals surface area (Å²) in [7, 11) is -3.90. The first-order valence-corrected chi connectivity index (χ1v) is 11.2. The Hall–Kier alpha value is -3.63. The van der Waals surface area contributed by atoms with E-state index in [-0.39, 0.29) is 26.1 Å². The van der Waals surface area contributed by atoms with Crippen LogP contribution in [0.4, 0.5) is 5.82 Å². The second-order valence-corrected chi connectivity index (χ2v) is 9.44. The maximum atomic E-state index is 13.3. The zero-order valence-corrected chi connectivity index (χ0v) is 17.0. The monoisotopic (exact) mass is 434 g/mol. The number of para-hydroxylation sites is 2. The van der Waals surface area contributed by atoms with Gasteiger partial charge < -0.3 is 5.73 Å². The third kappa shape index (κ3) is 2.93. The van der Waals surface area contributed by atoms with Gasteiger partial charge in [0.05, 0.1) is 17.2 Å². The lowest BCUT2D eigenvalue weighted by molar-refractivity contribution is 0.599. The highest BCUT2D eigenvalue weighted by Crippen LogP contribution is 2.36. The fraction of sp³-hybridized carbons (Fsp3) is 0. The molecule has 0 aliphatic heterocycles. The van der Waals surface area contributed by atoms with Gasteiger partial charge in [0.1, 0.15) is 20.4 Å². The smallest absolute Gasteiger partial charge is 0.221 e. The second-order valence-electron chi connectivity index (χ2n) is 6.38. The van der Waals surface area contributed by atoms with Gasteiger partial charge in [0.15, 0.2) is 5.65 Å². The summed E-state index contributed by atoms with van der Waals surface area (Å²) < 4.78 is 28.2. The van der Waals surface area contributed by atoms with Crippen molar-refractivity contribution in [3.8, 4) is 0 Å². The van der Waals surface area contributed by atoms with Gasteiger partial charge in [-0.1, -0.05) is 24.3 Å². The van der Waals surface area contributed by atoms with Crippen LogP contribution in [0.1, 0.15) is 5.56 Å². The van der Waals surface area contributed by atoms with E-state index in [1.165, 1.54) is 10.7 Å². The number of sulfone groups is 1. The molecule has 0 aliphatic rings. The lowest BCUT2D eigenvalue weighted by Crippen LogP contribution is -2.05. The minimum absolute atomic E-state index is 0.0474. The van der Waals surface area contributed by atoms with Gasteiger partial charge in [0.25, 0.3) is 0 Å². The van der Waals surface area contributed by atoms with E-state index in [1.807, 2.05) is 18.2 Å². The first-order valence-electron chi connectivity index (χ1n) is 8.85. The highest BCUT2D eigenvalue weighted by molar-refractivity contribution is 7.93. The molecule has 0 spiro atoms. The van der Waals surface area contributed by atoms with Crippen LogP contribution in [0.3, 0.4) is 0 Å². The van der Waals surface area contributed by atoms with Crippen molar-refractivity contribution in [1.82, 2.24) is 19.6 Å². The van der Waals surface area contributed by atoms with Crippen molar-refractivity contribution in [2.45, 2.75) is 9.10 Å². The summed E-state index contributed by atoms with van der Waals surface area (Å²) in [6.07, 6.45) is 4.83. The zero-order valence-electron chi connectivity index (χ0n) is 15.4. The Labute approximate surface area is 175 Å². The molecule has 1 aromatic carbocycles. The van der Waals surface area contributed by atoms with Crippen LogP contribution < -0.4 is 5.73 Å². The van der Waals surface area contributed by atoms with E-state index >= 15 is 0 Å². The van der Waals surface area contributed by atoms with Gasteiger partial charge in [0, 0.05) is 18.0 Å². The summed E-state index contributed by atoms with van der Waals surface area (Å²) in [4.78, 5) is 13.1. The molecule has 0 aliphatic carbocycles. The van der Waals surface area contributed by atoms with Crippen LogP contribution >= 0.6 is 11.3 Å². The Balaban J connectivity index is 1.83. The summed E-state index contributed by atoms with van der Waals surface area (Å²) >= 11 is 1.12. The molecule has 5 rings (SSSR count). The Bertz CT molecular complexity index is 1510. The van der Waals surface area contributed by atoms with E-state index in [0.29, 0.717) is 11.0 Å². The fourth-order valence-corrected chi connectivity index (χ4v) is 5.68. The van der Waals surface area contributed by atoms with Gasteiger partial charge in [-0.3, -0.25) is 4.98 Å². The largest absolute Gasteiger partial charge is 0.382 e. The molecule has 30 heavy (non-hydrogen) atoms. The van der Waals surface area contributed by atoms with E-state index in [0.717, 1.165) is 16.9 Å². The first-order chi connectivity index (χ1) is 14.6. The summed E-state index contributed by atoms with van der Waals surface area (Å²) in [6.45, 7) is 0. The summed E-state index contributed by atoms with van der Waals surface area (Å²) in [5.74, 6) is -0.0474. The number of nitrogens with zero attached hydrogens (tertiary/aromatic N) is 5. The molecule has 2 N–H and O–H groups in total. The topological polar surface area (TPSA) is 116 Å². The van der Waals surface area contributed by atoms with Crippen molar-refractivity contribution < 1.29 is 8.42 Å². The van der Waals surface area contributed by atoms with Crippen molar-refractivity contribution in [3.63, 3.8) is 0 Å². The zero-order chi connectivity index (χ0) is 20.7. The lowest BCUT2D eigenvalue weighted by atomic mass is 10.3. The average molecular weight is 435 g/mol. The predicted molar refractivity (Wildman–Crippen MR) is 116 cm³/mol. The number of pyridine rings is 1. The van der Waals surface area contributed by atoms with Crippen LogP contribution in [0.2, 0.25) is 0 Å². The fourth-order valence-electron chi connectivity index (χ4n) is 3.10. The Morgan fingerprint density at radius 3 is 2.53 bits per heavy atom. The standard InChI is InChI=1S/C20H14N6O2S2/c21-19-18(30(27,28)16-8-4-10-29-16)17-20(25-15-7-2-1-6-14(15)24-17)26(19)23-12-13-5-3-9-22-11-13/h1-12H,21H2. The Morgan fingerprint density at radius 2 is 1.83 bits per heavy atom. The Morgan fingerprint density at radius 1 is 1.03 bits per heavy atom. The molecule has 0 bridgehead atoms. The molecule has 0 unspecified atom stereocenters. The maximum Gasteiger partial charge on any atom is 0.221 e. The summed E-state index contributed by atoms with van der Waals surface area (Å²) in [5.41, 5.74) is 8.68. The van der Waals surface area contributed by atoms with Gasteiger partial charge in [-0.05, 0) is 29.6 Å². The number of benzene rings is 1. The molecule has 4 aromatic heterocycles. The van der Waals surface area contributed by atoms with Crippen LogP contribution in [-0.2, 0) is 9.84 Å². The molecule has 8 nitrogen and oxygen atoms in total. The highest BCUT2D eigenvalue weighted by atomic mass is 32.2. The van der Waals surface area contributed by atoms with Crippen LogP contribution in [0.5, 0.6) is 0 Å². The van der Waals surface area contributed by atoms with Gasteiger partial charge in [0.2, 0.25) is 9.84 Å². The number of fused-ring (bicyclic) bond motifs is 2. The van der Waals surface area contributed by atoms with Gasteiger partial charge in [-0.25, -0.2) is 18.4 Å². The van der Waals surface area contributed by atoms with Gasteiger partial charge in [-0.2, -0.15) is 9.78 Å². The molecule has 0 radical (unpaired) electrons. The van der Waals surface area contributed by atoms with Gasteiger partial charge in [-0.15, -0.1) is 11.3 Å². The SMILES string of the molecule is Nc1c(S(=O)(=O)c2cccs2)c2nc3ccccc3nc2n1N=Cc1cccnc1. The van der Waals surface area contributed by atoms with Crippen molar-refractivity contribution in [3.05, 3.63) is 71.9 Å². The third-order valence-corrected chi connectivity index (χ3v) is 7.68. The number of hydrogen-bond donors (Lipinski definition) is 1. The third-order valence-electron chi connectivity index (χ3n) is 4.46. The molecule has 0 fully saturated rings. The molecule has 0 saturated heterocycles. The molecule has 4 heterocycles. The minimum atomic E-state index is -3.90. The number of nitrogens with two attached hydrogens (primary N) is 1. The molecule has 0 saturated carbocycles. The second kappa shape index (κ2) is 7.01. The van der Waals surface area contributed by atoms with E-state index in [9.17, 15) is 8.42 Å². The summed E-state index contributed by atoms with van der Waals surface area (Å²) in [6, 6.07) is 14.0. The van der Waals surface area contributed by atoms with Gasteiger partial charge >= 0.3 is 0 Å². The maximum absolute atomic E-state index is 13.3. The van der Waals surface area contributed by atoms with Crippen LogP contribution in [-0.4, -0.2) is 34.3 Å². The molecule has 0 atom stereocenters. The van der Waals surface area contributed by atoms with E-state index in [1.54, 1.807) is 48.3 Å². The molecular weight excluding hydrogens is 420 g/mol. The summed E-state index contributed by atoms with van der Waals surface area (Å²) in [5, 5.41) is 6.09. The highest BCUT2D eigenvalue weighted by Gasteiger charge is 2.31. The van der Waals surface area contributed by atoms with Crippen molar-refractivity contribution >= 4 is 55.4 Å². The van der Waals surface area contributed by atoms with Crippen molar-refractivity contribution in [2.24, 2.45) is 5.10 Å². The average Bonchev–Trinajstić information content (AvgIpc) is 3.38.